The number of fused-ring (bicyclic) bond motifs is 2. The lowest BCUT2D eigenvalue weighted by Crippen LogP contribution is -2.40. The number of aromatic nitrogens is 1. The van der Waals surface area contributed by atoms with Crippen LogP contribution < -0.4 is 24.4 Å². The standard InChI is InChI=1S/C32H30N2O6S/c1-18(2)17-39-31(37)28-19(3)33-32-34(29(28)23-13-14-25(40-20(4)35)26(15-23)38-5)30(36)27(41-32)16-22-11-8-10-21-9-6-7-12-24(21)22/h6-16,18,29H,17H2,1-5H3/b27-16+. The maximum Gasteiger partial charge on any atom is 0.338 e. The summed E-state index contributed by atoms with van der Waals surface area (Å²) in [5, 5.41) is 2.09. The second-order valence-electron chi connectivity index (χ2n) is 10.1. The van der Waals surface area contributed by atoms with Crippen LogP contribution >= 0.6 is 11.3 Å². The maximum absolute atomic E-state index is 14.1. The first-order valence-corrected chi connectivity index (χ1v) is 14.0. The average Bonchev–Trinajstić information content (AvgIpc) is 3.25. The van der Waals surface area contributed by atoms with E-state index in [1.165, 1.54) is 29.9 Å². The number of esters is 2. The predicted octanol–water partition coefficient (Wildman–Crippen LogP) is 4.52. The van der Waals surface area contributed by atoms with Crippen LogP contribution in [-0.4, -0.2) is 30.2 Å². The van der Waals surface area contributed by atoms with Crippen molar-refractivity contribution in [3.63, 3.8) is 0 Å². The average molecular weight is 571 g/mol. The minimum absolute atomic E-state index is 0.128. The molecule has 0 radical (unpaired) electrons. The van der Waals surface area contributed by atoms with Crippen molar-refractivity contribution in [3.8, 4) is 11.5 Å². The second kappa shape index (κ2) is 11.5. The van der Waals surface area contributed by atoms with E-state index in [9.17, 15) is 14.4 Å². The topological polar surface area (TPSA) is 96.2 Å². The van der Waals surface area contributed by atoms with Crippen LogP contribution in [0.4, 0.5) is 0 Å². The van der Waals surface area contributed by atoms with Crippen molar-refractivity contribution < 1.29 is 23.8 Å². The molecule has 1 aromatic heterocycles. The molecule has 5 rings (SSSR count). The summed E-state index contributed by atoms with van der Waals surface area (Å²) in [6, 6.07) is 18.1. The zero-order valence-electron chi connectivity index (χ0n) is 23.5. The zero-order valence-corrected chi connectivity index (χ0v) is 24.3. The number of thiazole rings is 1. The normalized spacial score (nSPS) is 15.1. The number of rotatable bonds is 7. The number of nitrogens with zero attached hydrogens (tertiary/aromatic N) is 2. The highest BCUT2D eigenvalue weighted by atomic mass is 32.1. The third-order valence-corrected chi connectivity index (χ3v) is 7.64. The highest BCUT2D eigenvalue weighted by Gasteiger charge is 2.34. The molecule has 1 unspecified atom stereocenters. The second-order valence-corrected chi connectivity index (χ2v) is 11.2. The molecule has 9 heteroatoms. The first-order valence-electron chi connectivity index (χ1n) is 13.2. The van der Waals surface area contributed by atoms with Crippen LogP contribution in [0.3, 0.4) is 0 Å². The van der Waals surface area contributed by atoms with Gasteiger partial charge in [-0.25, -0.2) is 9.79 Å². The van der Waals surface area contributed by atoms with Gasteiger partial charge < -0.3 is 14.2 Å². The molecule has 0 saturated carbocycles. The molecule has 0 saturated heterocycles. The molecule has 1 aliphatic heterocycles. The fourth-order valence-electron chi connectivity index (χ4n) is 4.83. The first kappa shape index (κ1) is 28.0. The Labute approximate surface area is 240 Å². The first-order chi connectivity index (χ1) is 19.7. The molecule has 0 N–H and O–H groups in total. The summed E-state index contributed by atoms with van der Waals surface area (Å²) >= 11 is 1.26. The van der Waals surface area contributed by atoms with Gasteiger partial charge >= 0.3 is 11.9 Å². The number of ether oxygens (including phenoxy) is 3. The maximum atomic E-state index is 14.1. The molecular weight excluding hydrogens is 540 g/mol. The monoisotopic (exact) mass is 570 g/mol. The number of benzene rings is 3. The van der Waals surface area contributed by atoms with Crippen molar-refractivity contribution in [3.05, 3.63) is 103 Å². The molecule has 0 spiro atoms. The van der Waals surface area contributed by atoms with E-state index in [2.05, 4.69) is 4.99 Å². The molecule has 8 nitrogen and oxygen atoms in total. The number of methoxy groups -OCH3 is 1. The Morgan fingerprint density at radius 2 is 1.83 bits per heavy atom. The van der Waals surface area contributed by atoms with E-state index in [1.807, 2.05) is 62.4 Å². The van der Waals surface area contributed by atoms with Crippen molar-refractivity contribution in [1.82, 2.24) is 4.57 Å². The molecule has 3 aromatic carbocycles. The van der Waals surface area contributed by atoms with Crippen LogP contribution in [0.1, 0.15) is 44.9 Å². The van der Waals surface area contributed by atoms with E-state index < -0.39 is 18.0 Å². The van der Waals surface area contributed by atoms with Gasteiger partial charge in [0.25, 0.3) is 5.56 Å². The smallest absolute Gasteiger partial charge is 0.338 e. The summed E-state index contributed by atoms with van der Waals surface area (Å²) in [6.07, 6.45) is 1.86. The Morgan fingerprint density at radius 1 is 1.07 bits per heavy atom. The van der Waals surface area contributed by atoms with Crippen LogP contribution in [0, 0.1) is 5.92 Å². The summed E-state index contributed by atoms with van der Waals surface area (Å²) in [5.74, 6) is -0.386. The van der Waals surface area contributed by atoms with Crippen molar-refractivity contribution >= 4 is 40.1 Å². The van der Waals surface area contributed by atoms with Gasteiger partial charge in [-0.2, -0.15) is 0 Å². The van der Waals surface area contributed by atoms with Crippen LogP contribution in [0.15, 0.2) is 81.7 Å². The largest absolute Gasteiger partial charge is 0.493 e. The van der Waals surface area contributed by atoms with Crippen molar-refractivity contribution in [2.75, 3.05) is 13.7 Å². The molecule has 1 aliphatic rings. The van der Waals surface area contributed by atoms with Gasteiger partial charge in [-0.15, -0.1) is 0 Å². The van der Waals surface area contributed by atoms with Gasteiger partial charge in [-0.1, -0.05) is 73.7 Å². The Bertz CT molecular complexity index is 1880. The van der Waals surface area contributed by atoms with Gasteiger partial charge in [0.2, 0.25) is 0 Å². The van der Waals surface area contributed by atoms with Crippen LogP contribution in [0.5, 0.6) is 11.5 Å². The van der Waals surface area contributed by atoms with E-state index in [1.54, 1.807) is 25.1 Å². The van der Waals surface area contributed by atoms with E-state index >= 15 is 0 Å². The zero-order chi connectivity index (χ0) is 29.3. The van der Waals surface area contributed by atoms with Crippen LogP contribution in [0.2, 0.25) is 0 Å². The lowest BCUT2D eigenvalue weighted by Gasteiger charge is -2.25. The minimum Gasteiger partial charge on any atom is -0.493 e. The van der Waals surface area contributed by atoms with Gasteiger partial charge in [0, 0.05) is 6.92 Å². The van der Waals surface area contributed by atoms with Gasteiger partial charge in [0.15, 0.2) is 16.3 Å². The van der Waals surface area contributed by atoms with E-state index in [4.69, 9.17) is 14.2 Å². The van der Waals surface area contributed by atoms with Gasteiger partial charge in [0.05, 0.1) is 35.6 Å². The van der Waals surface area contributed by atoms with Crippen molar-refractivity contribution in [2.45, 2.75) is 33.7 Å². The van der Waals surface area contributed by atoms with Crippen LogP contribution in [0.25, 0.3) is 16.8 Å². The van der Waals surface area contributed by atoms with Gasteiger partial charge in [0.1, 0.15) is 0 Å². The molecule has 1 atom stereocenters. The quantitative estimate of drug-likeness (QED) is 0.240. The molecule has 0 fully saturated rings. The third-order valence-electron chi connectivity index (χ3n) is 6.66. The molecular formula is C32H30N2O6S. The summed E-state index contributed by atoms with van der Waals surface area (Å²) in [6.45, 7) is 7.17. The summed E-state index contributed by atoms with van der Waals surface area (Å²) in [4.78, 5) is 44.3. The van der Waals surface area contributed by atoms with Crippen LogP contribution in [-0.2, 0) is 14.3 Å². The fraction of sp³-hybridized carbons (Fsp3) is 0.250. The van der Waals surface area contributed by atoms with Crippen molar-refractivity contribution in [1.29, 1.82) is 0 Å². The molecule has 0 aliphatic carbocycles. The SMILES string of the molecule is COc1cc(C2C(C(=O)OCC(C)C)=C(C)N=c3s/c(=C/c4cccc5ccccc45)c(=O)n32)ccc1OC(C)=O. The lowest BCUT2D eigenvalue weighted by molar-refractivity contribution is -0.140. The fourth-order valence-corrected chi connectivity index (χ4v) is 5.87. The third kappa shape index (κ3) is 5.58. The predicted molar refractivity (Wildman–Crippen MR) is 158 cm³/mol. The Kier molecular flexibility index (Phi) is 7.90. The summed E-state index contributed by atoms with van der Waals surface area (Å²) in [7, 11) is 1.46. The molecule has 2 heterocycles. The highest BCUT2D eigenvalue weighted by molar-refractivity contribution is 7.07. The number of allylic oxidation sites excluding steroid dienone is 1. The number of hydrogen-bond donors (Lipinski definition) is 0. The Morgan fingerprint density at radius 3 is 2.56 bits per heavy atom. The molecule has 41 heavy (non-hydrogen) atoms. The number of hydrogen-bond acceptors (Lipinski definition) is 8. The molecule has 0 bridgehead atoms. The lowest BCUT2D eigenvalue weighted by atomic mass is 9.95. The number of carbonyl (C=O) groups is 2. The van der Waals surface area contributed by atoms with E-state index in [0.29, 0.717) is 26.3 Å². The Hall–Kier alpha value is -4.50. The summed E-state index contributed by atoms with van der Waals surface area (Å²) in [5.41, 5.74) is 1.93. The van der Waals surface area contributed by atoms with Gasteiger partial charge in [-0.3, -0.25) is 14.2 Å². The van der Waals surface area contributed by atoms with E-state index in [0.717, 1.165) is 16.3 Å². The van der Waals surface area contributed by atoms with E-state index in [-0.39, 0.29) is 29.4 Å². The van der Waals surface area contributed by atoms with Crippen molar-refractivity contribution in [2.24, 2.45) is 10.9 Å². The minimum atomic E-state index is -0.833. The highest BCUT2D eigenvalue weighted by Crippen LogP contribution is 2.36. The Balaban J connectivity index is 1.72. The van der Waals surface area contributed by atoms with Gasteiger partial charge in [-0.05, 0) is 52.9 Å². The molecule has 4 aromatic rings. The molecule has 0 amide bonds. The molecule has 210 valence electrons. The number of carbonyl (C=O) groups excluding carboxylic acids is 2. The summed E-state index contributed by atoms with van der Waals surface area (Å²) < 4.78 is 18.4.